The molecule has 116 valence electrons. The van der Waals surface area contributed by atoms with Crippen LogP contribution in [-0.2, 0) is 0 Å². The lowest BCUT2D eigenvalue weighted by atomic mass is 10.1. The first-order valence-corrected chi connectivity index (χ1v) is 6.98. The van der Waals surface area contributed by atoms with Crippen molar-refractivity contribution in [1.82, 2.24) is 5.32 Å². The van der Waals surface area contributed by atoms with Crippen molar-refractivity contribution in [2.24, 2.45) is 0 Å². The van der Waals surface area contributed by atoms with E-state index in [9.17, 15) is 9.90 Å². The van der Waals surface area contributed by atoms with Crippen molar-refractivity contribution in [3.05, 3.63) is 53.6 Å². The lowest BCUT2D eigenvalue weighted by Crippen LogP contribution is -2.39. The Hall–Kier alpha value is -2.69. The van der Waals surface area contributed by atoms with Crippen LogP contribution in [-0.4, -0.2) is 24.9 Å². The van der Waals surface area contributed by atoms with Crippen molar-refractivity contribution in [1.29, 1.82) is 0 Å². The highest BCUT2D eigenvalue weighted by atomic mass is 16.5. The molecule has 0 saturated carbocycles. The van der Waals surface area contributed by atoms with Crippen LogP contribution < -0.4 is 15.0 Å². The van der Waals surface area contributed by atoms with Gasteiger partial charge in [0.15, 0.2) is 6.73 Å². The number of ether oxygens (including phenoxy) is 1. The predicted octanol–water partition coefficient (Wildman–Crippen LogP) is 3.19. The first-order valence-electron chi connectivity index (χ1n) is 6.98. The Bertz CT molecular complexity index is 653. The Morgan fingerprint density at radius 2 is 1.86 bits per heavy atom. The van der Waals surface area contributed by atoms with Gasteiger partial charge in [-0.3, -0.25) is 4.90 Å². The number of benzene rings is 2. The molecular formula is C17H20N2O3. The lowest BCUT2D eigenvalue weighted by Gasteiger charge is -2.18. The molecule has 2 aromatic rings. The summed E-state index contributed by atoms with van der Waals surface area (Å²) in [6, 6.07) is 12.0. The normalized spacial score (nSPS) is 10.1. The van der Waals surface area contributed by atoms with Gasteiger partial charge >= 0.3 is 6.03 Å². The molecule has 0 aliphatic carbocycles. The topological polar surface area (TPSA) is 61.8 Å². The molecule has 0 spiro atoms. The number of hydrogen-bond donors (Lipinski definition) is 2. The van der Waals surface area contributed by atoms with E-state index in [2.05, 4.69) is 5.32 Å². The van der Waals surface area contributed by atoms with Gasteiger partial charge in [-0.25, -0.2) is 4.79 Å². The highest BCUT2D eigenvalue weighted by Crippen LogP contribution is 2.19. The highest BCUT2D eigenvalue weighted by molar-refractivity contribution is 5.91. The summed E-state index contributed by atoms with van der Waals surface area (Å²) in [5.41, 5.74) is 2.88. The number of amides is 2. The standard InChI is InChI=1S/C17H20N2O3/c1-12-4-9-16(13(2)10-12)22-11-18-17(21)19(3)14-5-7-15(20)8-6-14/h4-10,20H,11H2,1-3H3,(H,18,21). The molecule has 0 atom stereocenters. The molecular weight excluding hydrogens is 280 g/mol. The number of rotatable bonds is 4. The summed E-state index contributed by atoms with van der Waals surface area (Å²) in [5, 5.41) is 11.9. The quantitative estimate of drug-likeness (QED) is 0.852. The average Bonchev–Trinajstić information content (AvgIpc) is 2.49. The molecule has 0 heterocycles. The number of carbonyl (C=O) groups excluding carboxylic acids is 1. The minimum atomic E-state index is -0.282. The Kier molecular flexibility index (Phi) is 4.88. The number of hydrogen-bond acceptors (Lipinski definition) is 3. The van der Waals surface area contributed by atoms with E-state index in [0.717, 1.165) is 11.3 Å². The second-order valence-electron chi connectivity index (χ2n) is 5.11. The number of aryl methyl sites for hydroxylation is 2. The van der Waals surface area contributed by atoms with Crippen LogP contribution in [0.2, 0.25) is 0 Å². The van der Waals surface area contributed by atoms with E-state index in [1.807, 2.05) is 32.0 Å². The number of phenols is 1. The van der Waals surface area contributed by atoms with E-state index in [4.69, 9.17) is 4.74 Å². The monoisotopic (exact) mass is 300 g/mol. The minimum Gasteiger partial charge on any atom is -0.508 e. The Labute approximate surface area is 130 Å². The second kappa shape index (κ2) is 6.85. The van der Waals surface area contributed by atoms with Crippen LogP contribution in [0, 0.1) is 13.8 Å². The van der Waals surface area contributed by atoms with Crippen molar-refractivity contribution in [2.75, 3.05) is 18.7 Å². The van der Waals surface area contributed by atoms with E-state index in [1.165, 1.54) is 22.6 Å². The van der Waals surface area contributed by atoms with Gasteiger partial charge in [-0.1, -0.05) is 17.7 Å². The zero-order valence-electron chi connectivity index (χ0n) is 13.0. The van der Waals surface area contributed by atoms with Gasteiger partial charge in [-0.05, 0) is 49.7 Å². The number of nitrogens with one attached hydrogen (secondary N) is 1. The van der Waals surface area contributed by atoms with Crippen LogP contribution in [0.25, 0.3) is 0 Å². The number of anilines is 1. The molecule has 2 rings (SSSR count). The number of carbonyl (C=O) groups is 1. The van der Waals surface area contributed by atoms with Crippen LogP contribution in [0.5, 0.6) is 11.5 Å². The van der Waals surface area contributed by atoms with Crippen LogP contribution in [0.15, 0.2) is 42.5 Å². The molecule has 0 unspecified atom stereocenters. The Morgan fingerprint density at radius 1 is 1.18 bits per heavy atom. The third-order valence-corrected chi connectivity index (χ3v) is 3.32. The zero-order valence-corrected chi connectivity index (χ0v) is 13.0. The van der Waals surface area contributed by atoms with Crippen LogP contribution in [0.1, 0.15) is 11.1 Å². The zero-order chi connectivity index (χ0) is 16.1. The van der Waals surface area contributed by atoms with E-state index >= 15 is 0 Å². The Morgan fingerprint density at radius 3 is 2.50 bits per heavy atom. The van der Waals surface area contributed by atoms with Crippen molar-refractivity contribution < 1.29 is 14.6 Å². The second-order valence-corrected chi connectivity index (χ2v) is 5.11. The van der Waals surface area contributed by atoms with Gasteiger partial charge in [-0.15, -0.1) is 0 Å². The fraction of sp³-hybridized carbons (Fsp3) is 0.235. The van der Waals surface area contributed by atoms with Gasteiger partial charge in [0.25, 0.3) is 0 Å². The molecule has 0 aliphatic heterocycles. The summed E-state index contributed by atoms with van der Waals surface area (Å²) in [6.45, 7) is 4.07. The number of phenolic OH excluding ortho intramolecular Hbond substituents is 1. The summed E-state index contributed by atoms with van der Waals surface area (Å²) in [5.74, 6) is 0.911. The SMILES string of the molecule is Cc1ccc(OCNC(=O)N(C)c2ccc(O)cc2)c(C)c1. The molecule has 0 saturated heterocycles. The molecule has 0 fully saturated rings. The first-order chi connectivity index (χ1) is 10.5. The van der Waals surface area contributed by atoms with Gasteiger partial charge in [0.05, 0.1) is 0 Å². The van der Waals surface area contributed by atoms with Crippen LogP contribution >= 0.6 is 0 Å². The van der Waals surface area contributed by atoms with E-state index < -0.39 is 0 Å². The summed E-state index contributed by atoms with van der Waals surface area (Å²) in [6.07, 6.45) is 0. The molecule has 0 aromatic heterocycles. The van der Waals surface area contributed by atoms with Gasteiger partial charge < -0.3 is 15.2 Å². The summed E-state index contributed by atoms with van der Waals surface area (Å²) < 4.78 is 5.57. The molecule has 2 amide bonds. The maximum Gasteiger partial charge on any atom is 0.324 e. The van der Waals surface area contributed by atoms with E-state index in [0.29, 0.717) is 5.69 Å². The predicted molar refractivity (Wildman–Crippen MR) is 86.5 cm³/mol. The summed E-state index contributed by atoms with van der Waals surface area (Å²) in [4.78, 5) is 13.5. The third kappa shape index (κ3) is 3.91. The molecule has 2 aromatic carbocycles. The van der Waals surface area contributed by atoms with E-state index in [-0.39, 0.29) is 18.5 Å². The van der Waals surface area contributed by atoms with Crippen molar-refractivity contribution in [3.63, 3.8) is 0 Å². The summed E-state index contributed by atoms with van der Waals surface area (Å²) >= 11 is 0. The number of aromatic hydroxyl groups is 1. The van der Waals surface area contributed by atoms with Crippen molar-refractivity contribution >= 4 is 11.7 Å². The van der Waals surface area contributed by atoms with Crippen molar-refractivity contribution in [2.45, 2.75) is 13.8 Å². The van der Waals surface area contributed by atoms with Gasteiger partial charge in [0.1, 0.15) is 11.5 Å². The van der Waals surface area contributed by atoms with Crippen LogP contribution in [0.3, 0.4) is 0 Å². The summed E-state index contributed by atoms with van der Waals surface area (Å²) in [7, 11) is 1.65. The largest absolute Gasteiger partial charge is 0.508 e. The highest BCUT2D eigenvalue weighted by Gasteiger charge is 2.10. The van der Waals surface area contributed by atoms with E-state index in [1.54, 1.807) is 19.2 Å². The smallest absolute Gasteiger partial charge is 0.324 e. The van der Waals surface area contributed by atoms with Gasteiger partial charge in [0, 0.05) is 12.7 Å². The molecule has 2 N–H and O–H groups in total. The fourth-order valence-electron chi connectivity index (χ4n) is 2.05. The Balaban J connectivity index is 1.88. The molecule has 0 aliphatic rings. The van der Waals surface area contributed by atoms with Gasteiger partial charge in [0.2, 0.25) is 0 Å². The maximum atomic E-state index is 12.0. The first kappa shape index (κ1) is 15.7. The lowest BCUT2D eigenvalue weighted by molar-refractivity contribution is 0.230. The van der Waals surface area contributed by atoms with Crippen LogP contribution in [0.4, 0.5) is 10.5 Å². The minimum absolute atomic E-state index is 0.0885. The number of nitrogens with zero attached hydrogens (tertiary/aromatic N) is 1. The molecule has 0 radical (unpaired) electrons. The number of urea groups is 1. The maximum absolute atomic E-state index is 12.0. The molecule has 5 heteroatoms. The molecule has 5 nitrogen and oxygen atoms in total. The average molecular weight is 300 g/mol. The molecule has 0 bridgehead atoms. The third-order valence-electron chi connectivity index (χ3n) is 3.32. The van der Waals surface area contributed by atoms with Crippen molar-refractivity contribution in [3.8, 4) is 11.5 Å². The fourth-order valence-corrected chi connectivity index (χ4v) is 2.05. The molecule has 22 heavy (non-hydrogen) atoms. The van der Waals surface area contributed by atoms with Gasteiger partial charge in [-0.2, -0.15) is 0 Å².